The summed E-state index contributed by atoms with van der Waals surface area (Å²) in [6, 6.07) is 21.6. The Balaban J connectivity index is 1.44. The van der Waals surface area contributed by atoms with E-state index in [-0.39, 0.29) is 6.10 Å². The number of imidazole rings is 1. The number of fused-ring (bicyclic) bond motifs is 1. The van der Waals surface area contributed by atoms with Crippen molar-refractivity contribution in [2.75, 3.05) is 13.7 Å². The first-order valence-corrected chi connectivity index (χ1v) is 11.6. The number of methoxy groups -OCH3 is 1. The number of para-hydroxylation sites is 4. The minimum atomic E-state index is -0.206. The molecule has 33 heavy (non-hydrogen) atoms. The van der Waals surface area contributed by atoms with Crippen molar-refractivity contribution in [1.29, 1.82) is 0 Å². The average Bonchev–Trinajstić information content (AvgIpc) is 3.20. The van der Waals surface area contributed by atoms with E-state index in [4.69, 9.17) is 30.8 Å². The molecule has 4 aromatic rings. The van der Waals surface area contributed by atoms with Crippen LogP contribution in [0, 0.1) is 6.92 Å². The van der Waals surface area contributed by atoms with E-state index in [9.17, 15) is 0 Å². The molecular formula is C27H29ClN2O3. The Morgan fingerprint density at radius 3 is 2.52 bits per heavy atom. The van der Waals surface area contributed by atoms with Gasteiger partial charge in [0.2, 0.25) is 0 Å². The monoisotopic (exact) mass is 464 g/mol. The molecule has 1 heterocycles. The first-order chi connectivity index (χ1) is 16.1. The highest BCUT2D eigenvalue weighted by Gasteiger charge is 2.18. The number of aromatic nitrogens is 2. The molecule has 0 aliphatic heterocycles. The van der Waals surface area contributed by atoms with Gasteiger partial charge in [-0.25, -0.2) is 4.98 Å². The first-order valence-electron chi connectivity index (χ1n) is 11.2. The molecular weight excluding hydrogens is 436 g/mol. The molecule has 4 rings (SSSR count). The third kappa shape index (κ3) is 5.42. The third-order valence-electron chi connectivity index (χ3n) is 5.59. The molecule has 3 aromatic carbocycles. The Kier molecular flexibility index (Phi) is 7.40. The van der Waals surface area contributed by atoms with Gasteiger partial charge in [0.05, 0.1) is 24.8 Å². The van der Waals surface area contributed by atoms with Crippen molar-refractivity contribution >= 4 is 22.6 Å². The molecule has 0 amide bonds. The Hall–Kier alpha value is -3.18. The van der Waals surface area contributed by atoms with Gasteiger partial charge in [0.15, 0.2) is 23.4 Å². The van der Waals surface area contributed by atoms with E-state index in [2.05, 4.69) is 10.6 Å². The molecule has 0 bridgehead atoms. The zero-order valence-electron chi connectivity index (χ0n) is 19.3. The topological polar surface area (TPSA) is 45.5 Å². The standard InChI is InChI=1S/C27H29ClN2O3/c1-19-18-21(14-15-22(19)28)33-20(2)27-29-23-10-4-5-11-24(23)30(27)16-8-9-17-32-26-13-7-6-12-25(26)31-3/h4-7,10-15,18,20H,8-9,16-17H2,1-3H3. The average molecular weight is 465 g/mol. The van der Waals surface area contributed by atoms with E-state index in [0.717, 1.165) is 64.1 Å². The molecule has 172 valence electrons. The first kappa shape index (κ1) is 23.0. The Morgan fingerprint density at radius 2 is 1.73 bits per heavy atom. The molecule has 1 atom stereocenters. The Morgan fingerprint density at radius 1 is 0.970 bits per heavy atom. The molecule has 0 saturated heterocycles. The zero-order chi connectivity index (χ0) is 23.2. The highest BCUT2D eigenvalue weighted by molar-refractivity contribution is 6.31. The molecule has 0 radical (unpaired) electrons. The summed E-state index contributed by atoms with van der Waals surface area (Å²) in [5.41, 5.74) is 3.08. The maximum absolute atomic E-state index is 6.24. The van der Waals surface area contributed by atoms with Crippen LogP contribution in [0.25, 0.3) is 11.0 Å². The fraction of sp³-hybridized carbons (Fsp3) is 0.296. The maximum Gasteiger partial charge on any atom is 0.161 e. The molecule has 0 aliphatic carbocycles. The van der Waals surface area contributed by atoms with E-state index < -0.39 is 0 Å². The summed E-state index contributed by atoms with van der Waals surface area (Å²) in [4.78, 5) is 4.88. The third-order valence-corrected chi connectivity index (χ3v) is 6.02. The number of aryl methyl sites for hydroxylation is 2. The highest BCUT2D eigenvalue weighted by Crippen LogP contribution is 2.29. The second-order valence-corrected chi connectivity index (χ2v) is 8.40. The van der Waals surface area contributed by atoms with Crippen LogP contribution >= 0.6 is 11.6 Å². The largest absolute Gasteiger partial charge is 0.493 e. The van der Waals surface area contributed by atoms with Gasteiger partial charge >= 0.3 is 0 Å². The van der Waals surface area contributed by atoms with E-state index >= 15 is 0 Å². The second kappa shape index (κ2) is 10.6. The fourth-order valence-electron chi connectivity index (χ4n) is 3.88. The van der Waals surface area contributed by atoms with Gasteiger partial charge < -0.3 is 18.8 Å². The Bertz CT molecular complexity index is 1220. The number of halogens is 1. The molecule has 0 aliphatic rings. The van der Waals surface area contributed by atoms with E-state index in [1.165, 1.54) is 0 Å². The molecule has 6 heteroatoms. The number of hydrogen-bond donors (Lipinski definition) is 0. The summed E-state index contributed by atoms with van der Waals surface area (Å²) in [6.45, 7) is 5.46. The van der Waals surface area contributed by atoms with Crippen molar-refractivity contribution in [3.05, 3.63) is 83.1 Å². The minimum absolute atomic E-state index is 0.206. The zero-order valence-corrected chi connectivity index (χ0v) is 20.0. The van der Waals surface area contributed by atoms with Crippen LogP contribution in [0.5, 0.6) is 17.2 Å². The van der Waals surface area contributed by atoms with Crippen LogP contribution in [0.2, 0.25) is 5.02 Å². The quantitative estimate of drug-likeness (QED) is 0.237. The molecule has 1 aromatic heterocycles. The smallest absolute Gasteiger partial charge is 0.161 e. The molecule has 1 unspecified atom stereocenters. The lowest BCUT2D eigenvalue weighted by Gasteiger charge is -2.17. The van der Waals surface area contributed by atoms with E-state index in [1.54, 1.807) is 7.11 Å². The van der Waals surface area contributed by atoms with E-state index in [1.807, 2.05) is 74.5 Å². The van der Waals surface area contributed by atoms with Crippen molar-refractivity contribution in [3.63, 3.8) is 0 Å². The highest BCUT2D eigenvalue weighted by atomic mass is 35.5. The van der Waals surface area contributed by atoms with Crippen molar-refractivity contribution in [3.8, 4) is 17.2 Å². The number of benzene rings is 3. The van der Waals surface area contributed by atoms with Crippen LogP contribution in [-0.4, -0.2) is 23.3 Å². The van der Waals surface area contributed by atoms with Crippen molar-refractivity contribution in [2.24, 2.45) is 0 Å². The van der Waals surface area contributed by atoms with E-state index in [0.29, 0.717) is 6.61 Å². The molecule has 0 N–H and O–H groups in total. The van der Waals surface area contributed by atoms with Crippen LogP contribution in [0.1, 0.15) is 37.3 Å². The van der Waals surface area contributed by atoms with Gasteiger partial charge in [-0.05, 0) is 74.7 Å². The lowest BCUT2D eigenvalue weighted by molar-refractivity contribution is 0.210. The number of ether oxygens (including phenoxy) is 3. The summed E-state index contributed by atoms with van der Waals surface area (Å²) in [6.07, 6.45) is 1.66. The summed E-state index contributed by atoms with van der Waals surface area (Å²) in [5, 5.41) is 0.734. The van der Waals surface area contributed by atoms with Gasteiger partial charge in [0, 0.05) is 11.6 Å². The lowest BCUT2D eigenvalue weighted by atomic mass is 10.2. The van der Waals surface area contributed by atoms with Gasteiger partial charge in [-0.1, -0.05) is 35.9 Å². The lowest BCUT2D eigenvalue weighted by Crippen LogP contribution is -2.13. The molecule has 0 saturated carbocycles. The predicted octanol–water partition coefficient (Wildman–Crippen LogP) is 7.01. The van der Waals surface area contributed by atoms with Crippen molar-refractivity contribution < 1.29 is 14.2 Å². The van der Waals surface area contributed by atoms with Crippen LogP contribution in [-0.2, 0) is 6.54 Å². The Labute approximate surface area is 199 Å². The van der Waals surface area contributed by atoms with Crippen LogP contribution in [0.15, 0.2) is 66.7 Å². The van der Waals surface area contributed by atoms with Crippen LogP contribution in [0.4, 0.5) is 0 Å². The fourth-order valence-corrected chi connectivity index (χ4v) is 4.00. The number of nitrogens with zero attached hydrogens (tertiary/aromatic N) is 2. The van der Waals surface area contributed by atoms with Crippen molar-refractivity contribution in [1.82, 2.24) is 9.55 Å². The van der Waals surface area contributed by atoms with Gasteiger partial charge in [0.1, 0.15) is 5.75 Å². The van der Waals surface area contributed by atoms with Gasteiger partial charge in [0.25, 0.3) is 0 Å². The molecule has 5 nitrogen and oxygen atoms in total. The predicted molar refractivity (Wildman–Crippen MR) is 133 cm³/mol. The van der Waals surface area contributed by atoms with Gasteiger partial charge in [-0.2, -0.15) is 0 Å². The summed E-state index contributed by atoms with van der Waals surface area (Å²) >= 11 is 6.16. The molecule has 0 spiro atoms. The minimum Gasteiger partial charge on any atom is -0.493 e. The molecule has 0 fully saturated rings. The van der Waals surface area contributed by atoms with Crippen LogP contribution < -0.4 is 14.2 Å². The van der Waals surface area contributed by atoms with Gasteiger partial charge in [-0.3, -0.25) is 0 Å². The van der Waals surface area contributed by atoms with Gasteiger partial charge in [-0.15, -0.1) is 0 Å². The summed E-state index contributed by atoms with van der Waals surface area (Å²) in [7, 11) is 1.66. The second-order valence-electron chi connectivity index (χ2n) is 7.99. The SMILES string of the molecule is COc1ccccc1OCCCCn1c(C(C)Oc2ccc(Cl)c(C)c2)nc2ccccc21. The number of hydrogen-bond acceptors (Lipinski definition) is 4. The summed E-state index contributed by atoms with van der Waals surface area (Å²) < 4.78 is 19.8. The normalized spacial score (nSPS) is 12.0. The number of unbranched alkanes of at least 4 members (excludes halogenated alkanes) is 1. The number of rotatable bonds is 10. The maximum atomic E-state index is 6.24. The van der Waals surface area contributed by atoms with Crippen LogP contribution in [0.3, 0.4) is 0 Å². The van der Waals surface area contributed by atoms with Crippen molar-refractivity contribution in [2.45, 2.75) is 39.3 Å². The summed E-state index contributed by atoms with van der Waals surface area (Å²) in [5.74, 6) is 3.22.